The molecular formula is C11H20N2O3. The highest BCUT2D eigenvalue weighted by Gasteiger charge is 2.32. The first kappa shape index (κ1) is 13.0. The molecular weight excluding hydrogens is 208 g/mol. The largest absolute Gasteiger partial charge is 0.480 e. The molecule has 16 heavy (non-hydrogen) atoms. The van der Waals surface area contributed by atoms with Crippen molar-refractivity contribution in [1.29, 1.82) is 0 Å². The minimum absolute atomic E-state index is 0.0913. The zero-order valence-corrected chi connectivity index (χ0v) is 10.1. The topological polar surface area (TPSA) is 69.6 Å². The van der Waals surface area contributed by atoms with Crippen LogP contribution >= 0.6 is 0 Å². The smallest absolute Gasteiger partial charge is 0.322 e. The zero-order valence-electron chi connectivity index (χ0n) is 10.1. The Labute approximate surface area is 95.8 Å². The monoisotopic (exact) mass is 228 g/mol. The van der Waals surface area contributed by atoms with E-state index in [0.717, 1.165) is 6.42 Å². The summed E-state index contributed by atoms with van der Waals surface area (Å²) in [5.41, 5.74) is 0.150. The van der Waals surface area contributed by atoms with E-state index in [1.165, 1.54) is 0 Å². The minimum Gasteiger partial charge on any atom is -0.480 e. The maximum Gasteiger partial charge on any atom is 0.322 e. The Hall–Kier alpha value is -1.10. The van der Waals surface area contributed by atoms with Gasteiger partial charge >= 0.3 is 5.97 Å². The number of amides is 1. The highest BCUT2D eigenvalue weighted by Crippen LogP contribution is 2.20. The Bertz CT molecular complexity index is 283. The van der Waals surface area contributed by atoms with Gasteiger partial charge in [-0.2, -0.15) is 0 Å². The number of piperazine rings is 1. The normalized spacial score (nSPS) is 22.9. The number of rotatable bonds is 3. The average molecular weight is 228 g/mol. The van der Waals surface area contributed by atoms with Gasteiger partial charge in [-0.3, -0.25) is 14.5 Å². The van der Waals surface area contributed by atoms with Crippen LogP contribution in [0.3, 0.4) is 0 Å². The Morgan fingerprint density at radius 2 is 2.19 bits per heavy atom. The molecule has 0 spiro atoms. The lowest BCUT2D eigenvalue weighted by molar-refractivity contribution is -0.146. The lowest BCUT2D eigenvalue weighted by atomic mass is 9.91. The van der Waals surface area contributed by atoms with Crippen molar-refractivity contribution in [3.63, 3.8) is 0 Å². The number of carbonyl (C=O) groups excluding carboxylic acids is 1. The molecule has 5 nitrogen and oxygen atoms in total. The third-order valence-corrected chi connectivity index (χ3v) is 2.71. The van der Waals surface area contributed by atoms with Crippen molar-refractivity contribution in [2.75, 3.05) is 19.6 Å². The lowest BCUT2D eigenvalue weighted by Crippen LogP contribution is -2.57. The van der Waals surface area contributed by atoms with Crippen LogP contribution in [-0.2, 0) is 9.59 Å². The molecule has 1 aliphatic heterocycles. The Kier molecular flexibility index (Phi) is 3.91. The molecule has 1 fully saturated rings. The quantitative estimate of drug-likeness (QED) is 0.729. The number of carbonyl (C=O) groups is 2. The summed E-state index contributed by atoms with van der Waals surface area (Å²) in [5.74, 6) is -0.958. The van der Waals surface area contributed by atoms with Crippen molar-refractivity contribution in [2.45, 2.75) is 33.2 Å². The van der Waals surface area contributed by atoms with Crippen LogP contribution in [0.15, 0.2) is 0 Å². The number of carboxylic acid groups (broad SMARTS) is 1. The molecule has 1 heterocycles. The number of nitrogens with zero attached hydrogens (tertiary/aromatic N) is 1. The standard InChI is InChI=1S/C11H20N2O3/c1-11(2,3)4-5-13-7-9(14)12-6-8(13)10(15)16/h8H,4-7H2,1-3H3,(H,12,14)(H,15,16). The van der Waals surface area contributed by atoms with Gasteiger partial charge in [-0.25, -0.2) is 0 Å². The molecule has 1 atom stereocenters. The zero-order chi connectivity index (χ0) is 12.3. The van der Waals surface area contributed by atoms with Gasteiger partial charge in [0.25, 0.3) is 0 Å². The second kappa shape index (κ2) is 4.82. The summed E-state index contributed by atoms with van der Waals surface area (Å²) in [6, 6.07) is -0.583. The van der Waals surface area contributed by atoms with Crippen molar-refractivity contribution in [3.05, 3.63) is 0 Å². The summed E-state index contributed by atoms with van der Waals surface area (Å²) < 4.78 is 0. The average Bonchev–Trinajstić information content (AvgIpc) is 2.13. The molecule has 2 N–H and O–H groups in total. The van der Waals surface area contributed by atoms with E-state index >= 15 is 0 Å². The molecule has 0 radical (unpaired) electrons. The first-order chi connectivity index (χ1) is 7.29. The van der Waals surface area contributed by atoms with Crippen LogP contribution in [0, 0.1) is 5.41 Å². The highest BCUT2D eigenvalue weighted by molar-refractivity contribution is 5.83. The molecule has 0 aromatic rings. The molecule has 1 rings (SSSR count). The van der Waals surface area contributed by atoms with Crippen molar-refractivity contribution in [1.82, 2.24) is 10.2 Å². The van der Waals surface area contributed by atoms with Gasteiger partial charge in [-0.05, 0) is 11.8 Å². The number of aliphatic carboxylic acids is 1. The summed E-state index contributed by atoms with van der Waals surface area (Å²) in [6.07, 6.45) is 0.879. The number of hydrogen-bond donors (Lipinski definition) is 2. The van der Waals surface area contributed by atoms with Crippen LogP contribution in [0.2, 0.25) is 0 Å². The van der Waals surface area contributed by atoms with Crippen LogP contribution in [0.4, 0.5) is 0 Å². The van der Waals surface area contributed by atoms with Gasteiger partial charge in [0.05, 0.1) is 6.54 Å². The summed E-state index contributed by atoms with van der Waals surface area (Å²) in [6.45, 7) is 7.35. The second-order valence-corrected chi connectivity index (χ2v) is 5.44. The summed E-state index contributed by atoms with van der Waals surface area (Å²) >= 11 is 0. The fraction of sp³-hybridized carbons (Fsp3) is 0.818. The van der Waals surface area contributed by atoms with Gasteiger partial charge in [-0.1, -0.05) is 20.8 Å². The molecule has 1 saturated heterocycles. The fourth-order valence-electron chi connectivity index (χ4n) is 1.65. The molecule has 5 heteroatoms. The molecule has 0 bridgehead atoms. The maximum absolute atomic E-state index is 11.2. The maximum atomic E-state index is 11.2. The molecule has 1 aliphatic rings. The third-order valence-electron chi connectivity index (χ3n) is 2.71. The van der Waals surface area contributed by atoms with E-state index in [4.69, 9.17) is 5.11 Å². The SMILES string of the molecule is CC(C)(C)CCN1CC(=O)NCC1C(=O)O. The Morgan fingerprint density at radius 3 is 2.69 bits per heavy atom. The van der Waals surface area contributed by atoms with Crippen LogP contribution in [0.5, 0.6) is 0 Å². The van der Waals surface area contributed by atoms with Crippen LogP contribution in [0.1, 0.15) is 27.2 Å². The van der Waals surface area contributed by atoms with E-state index in [9.17, 15) is 9.59 Å². The number of carboxylic acids is 1. The molecule has 1 unspecified atom stereocenters. The molecule has 1 amide bonds. The Morgan fingerprint density at radius 1 is 1.56 bits per heavy atom. The predicted molar refractivity (Wildman–Crippen MR) is 60.1 cm³/mol. The van der Waals surface area contributed by atoms with Gasteiger partial charge in [0.2, 0.25) is 5.91 Å². The van der Waals surface area contributed by atoms with Crippen LogP contribution in [-0.4, -0.2) is 47.6 Å². The third kappa shape index (κ3) is 3.81. The van der Waals surface area contributed by atoms with E-state index in [2.05, 4.69) is 26.1 Å². The second-order valence-electron chi connectivity index (χ2n) is 5.44. The minimum atomic E-state index is -0.867. The summed E-state index contributed by atoms with van der Waals surface area (Å²) in [4.78, 5) is 24.0. The van der Waals surface area contributed by atoms with Crippen LogP contribution in [0.25, 0.3) is 0 Å². The molecule has 0 aromatic heterocycles. The van der Waals surface area contributed by atoms with Gasteiger partial charge in [-0.15, -0.1) is 0 Å². The first-order valence-corrected chi connectivity index (χ1v) is 5.53. The van der Waals surface area contributed by atoms with Gasteiger partial charge in [0, 0.05) is 13.1 Å². The van der Waals surface area contributed by atoms with Crippen molar-refractivity contribution < 1.29 is 14.7 Å². The van der Waals surface area contributed by atoms with E-state index in [1.54, 1.807) is 4.90 Å². The van der Waals surface area contributed by atoms with Gasteiger partial charge in [0.1, 0.15) is 6.04 Å². The predicted octanol–water partition coefficient (Wildman–Crippen LogP) is 0.308. The lowest BCUT2D eigenvalue weighted by Gasteiger charge is -2.34. The van der Waals surface area contributed by atoms with Crippen molar-refractivity contribution in [3.8, 4) is 0 Å². The van der Waals surface area contributed by atoms with E-state index < -0.39 is 12.0 Å². The summed E-state index contributed by atoms with van der Waals surface area (Å²) in [5, 5.41) is 11.6. The van der Waals surface area contributed by atoms with Crippen molar-refractivity contribution >= 4 is 11.9 Å². The van der Waals surface area contributed by atoms with Gasteiger partial charge in [0.15, 0.2) is 0 Å². The molecule has 0 aromatic carbocycles. The van der Waals surface area contributed by atoms with Crippen molar-refractivity contribution in [2.24, 2.45) is 5.41 Å². The first-order valence-electron chi connectivity index (χ1n) is 5.53. The number of hydrogen-bond acceptors (Lipinski definition) is 3. The fourth-order valence-corrected chi connectivity index (χ4v) is 1.65. The Balaban J connectivity index is 2.58. The highest BCUT2D eigenvalue weighted by atomic mass is 16.4. The van der Waals surface area contributed by atoms with E-state index in [0.29, 0.717) is 6.54 Å². The summed E-state index contributed by atoms with van der Waals surface area (Å²) in [7, 11) is 0. The number of nitrogens with one attached hydrogen (secondary N) is 1. The van der Waals surface area contributed by atoms with Crippen LogP contribution < -0.4 is 5.32 Å². The molecule has 92 valence electrons. The molecule has 0 aliphatic carbocycles. The molecule has 0 saturated carbocycles. The van der Waals surface area contributed by atoms with E-state index in [1.807, 2.05) is 0 Å². The van der Waals surface area contributed by atoms with Gasteiger partial charge < -0.3 is 10.4 Å². The van der Waals surface area contributed by atoms with E-state index in [-0.39, 0.29) is 24.4 Å².